The Labute approximate surface area is 152 Å². The molecule has 9 heteroatoms. The van der Waals surface area contributed by atoms with Gasteiger partial charge in [0, 0.05) is 24.2 Å². The molecule has 0 aliphatic rings. The Morgan fingerprint density at radius 3 is 2.04 bits per heavy atom. The van der Waals surface area contributed by atoms with Gasteiger partial charge in [-0.25, -0.2) is 8.78 Å². The van der Waals surface area contributed by atoms with Gasteiger partial charge < -0.3 is 15.2 Å². The topological polar surface area (TPSA) is 97.1 Å². The molecule has 2 N–H and O–H groups in total. The van der Waals surface area contributed by atoms with E-state index in [1.807, 2.05) is 0 Å². The minimum Gasteiger partial charge on any atom is -0.350 e. The van der Waals surface area contributed by atoms with Crippen molar-refractivity contribution < 1.29 is 22.9 Å². The lowest BCUT2D eigenvalue weighted by atomic mass is 10.2. The molecule has 2 aromatic carbocycles. The van der Waals surface area contributed by atoms with Crippen LogP contribution in [0.3, 0.4) is 0 Å². The SMILES string of the molecule is O=C(NCCNC(=O)c1nc(-c2ccc(F)cc2)no1)c1ccc(F)cc1. The molecule has 0 fully saturated rings. The van der Waals surface area contributed by atoms with Crippen molar-refractivity contribution in [3.05, 3.63) is 71.6 Å². The van der Waals surface area contributed by atoms with Gasteiger partial charge in [0.25, 0.3) is 5.91 Å². The molecule has 7 nitrogen and oxygen atoms in total. The molecule has 0 unspecified atom stereocenters. The summed E-state index contributed by atoms with van der Waals surface area (Å²) in [6, 6.07) is 10.5. The van der Waals surface area contributed by atoms with E-state index in [4.69, 9.17) is 4.52 Å². The van der Waals surface area contributed by atoms with E-state index in [9.17, 15) is 18.4 Å². The maximum absolute atomic E-state index is 12.9. The second kappa shape index (κ2) is 8.17. The van der Waals surface area contributed by atoms with E-state index in [0.29, 0.717) is 11.1 Å². The summed E-state index contributed by atoms with van der Waals surface area (Å²) in [5, 5.41) is 8.77. The highest BCUT2D eigenvalue weighted by Gasteiger charge is 2.16. The lowest BCUT2D eigenvalue weighted by Crippen LogP contribution is -2.34. The predicted molar refractivity (Wildman–Crippen MR) is 90.8 cm³/mol. The molecule has 27 heavy (non-hydrogen) atoms. The molecule has 3 aromatic rings. The number of hydrogen-bond donors (Lipinski definition) is 2. The van der Waals surface area contributed by atoms with E-state index < -0.39 is 17.5 Å². The summed E-state index contributed by atoms with van der Waals surface area (Å²) in [7, 11) is 0. The first-order chi connectivity index (χ1) is 13.0. The van der Waals surface area contributed by atoms with Gasteiger partial charge in [-0.05, 0) is 48.5 Å². The minimum absolute atomic E-state index is 0.125. The molecule has 0 aliphatic carbocycles. The number of nitrogens with one attached hydrogen (secondary N) is 2. The van der Waals surface area contributed by atoms with Gasteiger partial charge in [0.2, 0.25) is 5.82 Å². The zero-order chi connectivity index (χ0) is 19.2. The van der Waals surface area contributed by atoms with Gasteiger partial charge in [0.15, 0.2) is 0 Å². The summed E-state index contributed by atoms with van der Waals surface area (Å²) in [5.41, 5.74) is 0.814. The van der Waals surface area contributed by atoms with Crippen molar-refractivity contribution in [2.24, 2.45) is 0 Å². The summed E-state index contributed by atoms with van der Waals surface area (Å²) in [4.78, 5) is 27.8. The number of hydrogen-bond acceptors (Lipinski definition) is 5. The largest absolute Gasteiger partial charge is 0.350 e. The molecule has 138 valence electrons. The molecule has 0 saturated heterocycles. The Bertz CT molecular complexity index is 940. The quantitative estimate of drug-likeness (QED) is 0.647. The Balaban J connectivity index is 1.47. The van der Waals surface area contributed by atoms with Crippen LogP contribution in [0.4, 0.5) is 8.78 Å². The lowest BCUT2D eigenvalue weighted by Gasteiger charge is -2.05. The molecule has 2 amide bonds. The highest BCUT2D eigenvalue weighted by molar-refractivity contribution is 5.94. The number of benzene rings is 2. The second-order valence-electron chi connectivity index (χ2n) is 5.45. The zero-order valence-electron chi connectivity index (χ0n) is 13.9. The average molecular weight is 372 g/mol. The summed E-state index contributed by atoms with van der Waals surface area (Å²) in [6.45, 7) is 0.279. The van der Waals surface area contributed by atoms with Crippen LogP contribution in [0.15, 0.2) is 53.1 Å². The van der Waals surface area contributed by atoms with Crippen LogP contribution in [0.1, 0.15) is 21.0 Å². The average Bonchev–Trinajstić information content (AvgIpc) is 3.16. The standard InChI is InChI=1S/C18H14F2N4O3/c19-13-5-1-11(2-6-13)15-23-18(27-24-15)17(26)22-10-9-21-16(25)12-3-7-14(20)8-4-12/h1-8H,9-10H2,(H,21,25)(H,22,26). The van der Waals surface area contributed by atoms with Gasteiger partial charge in [-0.3, -0.25) is 9.59 Å². The van der Waals surface area contributed by atoms with Crippen LogP contribution < -0.4 is 10.6 Å². The van der Waals surface area contributed by atoms with Gasteiger partial charge in [-0.15, -0.1) is 0 Å². The third-order valence-corrected chi connectivity index (χ3v) is 3.53. The fourth-order valence-electron chi connectivity index (χ4n) is 2.16. The number of aromatic nitrogens is 2. The molecule has 0 atom stereocenters. The summed E-state index contributed by atoms with van der Waals surface area (Å²) in [5.74, 6) is -1.92. The summed E-state index contributed by atoms with van der Waals surface area (Å²) < 4.78 is 30.6. The molecule has 0 aliphatic heterocycles. The van der Waals surface area contributed by atoms with Gasteiger partial charge in [-0.1, -0.05) is 5.16 Å². The molecule has 3 rings (SSSR count). The fourth-order valence-corrected chi connectivity index (χ4v) is 2.16. The summed E-state index contributed by atoms with van der Waals surface area (Å²) in [6.07, 6.45) is 0. The number of nitrogens with zero attached hydrogens (tertiary/aromatic N) is 2. The smallest absolute Gasteiger partial charge is 0.316 e. The predicted octanol–water partition coefficient (Wildman–Crippen LogP) is 2.17. The highest BCUT2D eigenvalue weighted by atomic mass is 19.1. The minimum atomic E-state index is -0.605. The highest BCUT2D eigenvalue weighted by Crippen LogP contribution is 2.15. The van der Waals surface area contributed by atoms with Crippen LogP contribution in [0, 0.1) is 11.6 Å². The van der Waals surface area contributed by atoms with Crippen molar-refractivity contribution in [3.8, 4) is 11.4 Å². The van der Waals surface area contributed by atoms with E-state index in [-0.39, 0.29) is 30.7 Å². The number of halogens is 2. The van der Waals surface area contributed by atoms with Gasteiger partial charge in [-0.2, -0.15) is 4.98 Å². The van der Waals surface area contributed by atoms with Crippen LogP contribution in [0.25, 0.3) is 11.4 Å². The van der Waals surface area contributed by atoms with Gasteiger partial charge in [0.05, 0.1) is 0 Å². The first-order valence-electron chi connectivity index (χ1n) is 7.94. The van der Waals surface area contributed by atoms with Crippen LogP contribution in [0.5, 0.6) is 0 Å². The van der Waals surface area contributed by atoms with E-state index in [1.54, 1.807) is 0 Å². The molecule has 0 saturated carbocycles. The normalized spacial score (nSPS) is 10.4. The number of amides is 2. The van der Waals surface area contributed by atoms with Crippen molar-refractivity contribution in [3.63, 3.8) is 0 Å². The fraction of sp³-hybridized carbons (Fsp3) is 0.111. The molecular weight excluding hydrogens is 358 g/mol. The molecule has 1 aromatic heterocycles. The van der Waals surface area contributed by atoms with Crippen molar-refractivity contribution in [1.82, 2.24) is 20.8 Å². The molecule has 1 heterocycles. The maximum atomic E-state index is 12.9. The van der Waals surface area contributed by atoms with E-state index in [2.05, 4.69) is 20.8 Å². The van der Waals surface area contributed by atoms with E-state index in [1.165, 1.54) is 48.5 Å². The van der Waals surface area contributed by atoms with Gasteiger partial charge >= 0.3 is 11.8 Å². The van der Waals surface area contributed by atoms with E-state index in [0.717, 1.165) is 0 Å². The Morgan fingerprint density at radius 2 is 1.41 bits per heavy atom. The third kappa shape index (κ3) is 4.72. The Hall–Kier alpha value is -3.62. The maximum Gasteiger partial charge on any atom is 0.316 e. The number of rotatable bonds is 6. The van der Waals surface area contributed by atoms with Crippen molar-refractivity contribution >= 4 is 11.8 Å². The Kier molecular flexibility index (Phi) is 5.50. The third-order valence-electron chi connectivity index (χ3n) is 3.53. The van der Waals surface area contributed by atoms with Crippen LogP contribution in [-0.4, -0.2) is 35.0 Å². The van der Waals surface area contributed by atoms with Crippen molar-refractivity contribution in [2.75, 3.05) is 13.1 Å². The second-order valence-corrected chi connectivity index (χ2v) is 5.45. The molecule has 0 radical (unpaired) electrons. The first-order valence-corrected chi connectivity index (χ1v) is 7.94. The van der Waals surface area contributed by atoms with E-state index >= 15 is 0 Å². The summed E-state index contributed by atoms with van der Waals surface area (Å²) >= 11 is 0. The van der Waals surface area contributed by atoms with Crippen LogP contribution >= 0.6 is 0 Å². The number of carbonyl (C=O) groups excluding carboxylic acids is 2. The zero-order valence-corrected chi connectivity index (χ0v) is 13.9. The van der Waals surface area contributed by atoms with Gasteiger partial charge in [0.1, 0.15) is 11.6 Å². The van der Waals surface area contributed by atoms with Crippen LogP contribution in [-0.2, 0) is 0 Å². The monoisotopic (exact) mass is 372 g/mol. The lowest BCUT2D eigenvalue weighted by molar-refractivity contribution is 0.0898. The Morgan fingerprint density at radius 1 is 0.852 bits per heavy atom. The molecular formula is C18H14F2N4O3. The first kappa shape index (κ1) is 18.2. The van der Waals surface area contributed by atoms with Crippen molar-refractivity contribution in [1.29, 1.82) is 0 Å². The van der Waals surface area contributed by atoms with Crippen LogP contribution in [0.2, 0.25) is 0 Å². The van der Waals surface area contributed by atoms with Crippen molar-refractivity contribution in [2.45, 2.75) is 0 Å². The number of carbonyl (C=O) groups is 2. The molecule has 0 bridgehead atoms. The molecule has 0 spiro atoms.